The molecule has 1 atom stereocenters. The number of carbonyl (C=O) groups excluding carboxylic acids is 2. The van der Waals surface area contributed by atoms with Crippen LogP contribution >= 0.6 is 0 Å². The fraction of sp³-hybridized carbons (Fsp3) is 0.393. The van der Waals surface area contributed by atoms with E-state index in [1.54, 1.807) is 12.1 Å². The Bertz CT molecular complexity index is 1270. The first-order chi connectivity index (χ1) is 18.1. The van der Waals surface area contributed by atoms with Gasteiger partial charge in [0.25, 0.3) is 5.91 Å². The maximum atomic E-state index is 13.1. The maximum absolute atomic E-state index is 13.1. The molecule has 3 aromatic rings. The summed E-state index contributed by atoms with van der Waals surface area (Å²) in [4.78, 5) is 23.6. The van der Waals surface area contributed by atoms with Crippen molar-refractivity contribution < 1.29 is 32.2 Å². The van der Waals surface area contributed by atoms with E-state index in [0.29, 0.717) is 22.9 Å². The van der Waals surface area contributed by atoms with Crippen molar-refractivity contribution in [1.29, 1.82) is 0 Å². The highest BCUT2D eigenvalue weighted by molar-refractivity contribution is 5.94. The number of nitrogens with one attached hydrogen (secondary N) is 1. The Morgan fingerprint density at radius 1 is 1.13 bits per heavy atom. The largest absolute Gasteiger partial charge is 0.485 e. The lowest BCUT2D eigenvalue weighted by Gasteiger charge is -2.34. The van der Waals surface area contributed by atoms with Gasteiger partial charge in [-0.05, 0) is 67.6 Å². The first-order valence-electron chi connectivity index (χ1n) is 12.4. The Balaban J connectivity index is 1.50. The summed E-state index contributed by atoms with van der Waals surface area (Å²) in [5, 5.41) is 6.62. The van der Waals surface area contributed by atoms with Gasteiger partial charge in [0, 0.05) is 24.2 Å². The number of rotatable bonds is 9. The van der Waals surface area contributed by atoms with Crippen molar-refractivity contribution in [1.82, 2.24) is 15.1 Å². The van der Waals surface area contributed by atoms with E-state index in [2.05, 4.69) is 15.2 Å². The van der Waals surface area contributed by atoms with E-state index in [0.717, 1.165) is 48.3 Å². The Hall–Kier alpha value is -3.82. The summed E-state index contributed by atoms with van der Waals surface area (Å²) >= 11 is 0. The number of aryl methyl sites for hydroxylation is 2. The number of hydrogen-bond donors (Lipinski definition) is 1. The number of esters is 1. The summed E-state index contributed by atoms with van der Waals surface area (Å²) in [5.41, 5.74) is 2.66. The Morgan fingerprint density at radius 2 is 1.79 bits per heavy atom. The predicted octanol–water partition coefficient (Wildman–Crippen LogP) is 5.72. The number of ether oxygens (including phenoxy) is 2. The molecule has 1 aliphatic rings. The number of benzene rings is 2. The summed E-state index contributed by atoms with van der Waals surface area (Å²) in [6, 6.07) is 10.8. The van der Waals surface area contributed by atoms with Crippen LogP contribution in [0.2, 0.25) is 0 Å². The number of nitrogens with zero attached hydrogens (tertiary/aromatic N) is 2. The van der Waals surface area contributed by atoms with Crippen molar-refractivity contribution in [2.24, 2.45) is 5.92 Å². The first-order valence-corrected chi connectivity index (χ1v) is 12.4. The number of halogens is 3. The van der Waals surface area contributed by atoms with Gasteiger partial charge in [0.05, 0.1) is 31.0 Å². The standard InChI is InChI=1S/C28H30F3N3O4/c1-17-13-23(14-18(2)25(17)34-16-22(15-33-34)28(29,30)31)38-26(19-5-4-6-19)20-7-9-21(10-8-20)27(36)32-12-11-24(35)37-3/h7-10,13-16,19,26H,4-6,11-12H2,1-3H3,(H,32,36). The lowest BCUT2D eigenvalue weighted by atomic mass is 9.78. The molecule has 4 rings (SSSR count). The molecule has 1 unspecified atom stereocenters. The predicted molar refractivity (Wildman–Crippen MR) is 134 cm³/mol. The quantitative estimate of drug-likeness (QED) is 0.359. The Labute approximate surface area is 218 Å². The minimum Gasteiger partial charge on any atom is -0.485 e. The molecule has 1 amide bonds. The third-order valence-corrected chi connectivity index (χ3v) is 6.79. The van der Waals surface area contributed by atoms with Crippen LogP contribution in [0.3, 0.4) is 0 Å². The van der Waals surface area contributed by atoms with Gasteiger partial charge in [-0.1, -0.05) is 18.6 Å². The van der Waals surface area contributed by atoms with Gasteiger partial charge in [-0.3, -0.25) is 9.59 Å². The zero-order chi connectivity index (χ0) is 27.4. The molecular formula is C28H30F3N3O4. The summed E-state index contributed by atoms with van der Waals surface area (Å²) in [7, 11) is 1.30. The van der Waals surface area contributed by atoms with Gasteiger partial charge in [0.1, 0.15) is 11.9 Å². The molecule has 202 valence electrons. The van der Waals surface area contributed by atoms with Crippen molar-refractivity contribution in [2.75, 3.05) is 13.7 Å². The van der Waals surface area contributed by atoms with Crippen LogP contribution in [-0.2, 0) is 15.7 Å². The number of aromatic nitrogens is 2. The lowest BCUT2D eigenvalue weighted by Crippen LogP contribution is -2.27. The molecule has 1 aliphatic carbocycles. The van der Waals surface area contributed by atoms with Crippen LogP contribution in [0, 0.1) is 19.8 Å². The van der Waals surface area contributed by atoms with Crippen LogP contribution in [0.1, 0.15) is 64.4 Å². The monoisotopic (exact) mass is 529 g/mol. The third kappa shape index (κ3) is 6.17. The van der Waals surface area contributed by atoms with Crippen molar-refractivity contribution in [3.05, 3.63) is 76.6 Å². The fourth-order valence-corrected chi connectivity index (χ4v) is 4.57. The molecule has 10 heteroatoms. The highest BCUT2D eigenvalue weighted by Gasteiger charge is 2.33. The average molecular weight is 530 g/mol. The van der Waals surface area contributed by atoms with Crippen LogP contribution in [0.5, 0.6) is 5.75 Å². The molecule has 1 saturated carbocycles. The molecule has 1 N–H and O–H groups in total. The second-order valence-corrected chi connectivity index (χ2v) is 9.51. The highest BCUT2D eigenvalue weighted by atomic mass is 19.4. The summed E-state index contributed by atoms with van der Waals surface area (Å²) in [5.74, 6) is 0.259. The summed E-state index contributed by atoms with van der Waals surface area (Å²) in [6.45, 7) is 3.82. The second kappa shape index (κ2) is 11.3. The number of carbonyl (C=O) groups is 2. The van der Waals surface area contributed by atoms with E-state index in [9.17, 15) is 22.8 Å². The Morgan fingerprint density at radius 3 is 2.32 bits per heavy atom. The van der Waals surface area contributed by atoms with Gasteiger partial charge >= 0.3 is 12.1 Å². The molecule has 1 fully saturated rings. The third-order valence-electron chi connectivity index (χ3n) is 6.79. The van der Waals surface area contributed by atoms with E-state index in [1.165, 1.54) is 11.8 Å². The summed E-state index contributed by atoms with van der Waals surface area (Å²) < 4.78 is 51.4. The molecular weight excluding hydrogens is 499 g/mol. The first kappa shape index (κ1) is 27.2. The van der Waals surface area contributed by atoms with Crippen molar-refractivity contribution in [2.45, 2.75) is 51.8 Å². The zero-order valence-corrected chi connectivity index (χ0v) is 21.5. The van der Waals surface area contributed by atoms with Gasteiger partial charge in [0.15, 0.2) is 0 Å². The minimum absolute atomic E-state index is 0.0967. The zero-order valence-electron chi connectivity index (χ0n) is 21.5. The molecule has 1 aromatic heterocycles. The molecule has 0 bridgehead atoms. The van der Waals surface area contributed by atoms with Crippen LogP contribution < -0.4 is 10.1 Å². The normalized spacial score (nSPS) is 14.5. The lowest BCUT2D eigenvalue weighted by molar-refractivity contribution is -0.140. The van der Waals surface area contributed by atoms with E-state index in [-0.39, 0.29) is 25.0 Å². The number of amides is 1. The van der Waals surface area contributed by atoms with Gasteiger partial charge in [-0.2, -0.15) is 18.3 Å². The molecule has 1 heterocycles. The minimum atomic E-state index is -4.46. The van der Waals surface area contributed by atoms with Crippen molar-refractivity contribution in [3.8, 4) is 11.4 Å². The van der Waals surface area contributed by atoms with Crippen LogP contribution in [-0.4, -0.2) is 35.3 Å². The van der Waals surface area contributed by atoms with E-state index < -0.39 is 17.7 Å². The van der Waals surface area contributed by atoms with Crippen molar-refractivity contribution in [3.63, 3.8) is 0 Å². The highest BCUT2D eigenvalue weighted by Crippen LogP contribution is 2.41. The second-order valence-electron chi connectivity index (χ2n) is 9.51. The number of alkyl halides is 3. The molecule has 0 aliphatic heterocycles. The SMILES string of the molecule is COC(=O)CCNC(=O)c1ccc(C(Oc2cc(C)c(-n3cc(C(F)(F)F)cn3)c(C)c2)C2CCC2)cc1. The van der Waals surface area contributed by atoms with Crippen LogP contribution in [0.4, 0.5) is 13.2 Å². The van der Waals surface area contributed by atoms with Gasteiger partial charge in [0.2, 0.25) is 0 Å². The topological polar surface area (TPSA) is 82.5 Å². The Kier molecular flexibility index (Phi) is 8.08. The summed E-state index contributed by atoms with van der Waals surface area (Å²) in [6.07, 6.45) is 0.361. The molecule has 38 heavy (non-hydrogen) atoms. The molecule has 7 nitrogen and oxygen atoms in total. The molecule has 2 aromatic carbocycles. The number of hydrogen-bond acceptors (Lipinski definition) is 5. The van der Waals surface area contributed by atoms with Crippen LogP contribution in [0.25, 0.3) is 5.69 Å². The van der Waals surface area contributed by atoms with Crippen LogP contribution in [0.15, 0.2) is 48.8 Å². The van der Waals surface area contributed by atoms with Gasteiger partial charge in [-0.25, -0.2) is 4.68 Å². The van der Waals surface area contributed by atoms with Gasteiger partial charge < -0.3 is 14.8 Å². The maximum Gasteiger partial charge on any atom is 0.419 e. The number of methoxy groups -OCH3 is 1. The smallest absolute Gasteiger partial charge is 0.419 e. The van der Waals surface area contributed by atoms with E-state index >= 15 is 0 Å². The molecule has 0 saturated heterocycles. The molecule has 0 spiro atoms. The van der Waals surface area contributed by atoms with E-state index in [4.69, 9.17) is 4.74 Å². The van der Waals surface area contributed by atoms with Crippen molar-refractivity contribution >= 4 is 11.9 Å². The van der Waals surface area contributed by atoms with Gasteiger partial charge in [-0.15, -0.1) is 0 Å². The van der Waals surface area contributed by atoms with E-state index in [1.807, 2.05) is 38.1 Å². The average Bonchev–Trinajstić information content (AvgIpc) is 3.32. The molecule has 0 radical (unpaired) electrons. The fourth-order valence-electron chi connectivity index (χ4n) is 4.57.